The molecule has 0 bridgehead atoms. The summed E-state index contributed by atoms with van der Waals surface area (Å²) in [4.78, 5) is 17.3. The van der Waals surface area contributed by atoms with Gasteiger partial charge in [-0.1, -0.05) is 6.58 Å². The summed E-state index contributed by atoms with van der Waals surface area (Å²) in [6.45, 7) is 5.30. The molecule has 1 amide bonds. The number of alkyl halides is 2. The van der Waals surface area contributed by atoms with E-state index in [-0.39, 0.29) is 24.3 Å². The standard InChI is InChI=1S/C21H21F4N3O2/c1-12-9-15(11-19(23)26-12)27-20(30)14-3-4-18(22)17(10-14)21(24,25)13(2)28-7-5-16(29)6-8-28/h3-4,9-11,16,29H,2,5-8H2,1H3,(H,26,27,30). The van der Waals surface area contributed by atoms with E-state index >= 15 is 8.78 Å². The first-order valence-corrected chi connectivity index (χ1v) is 9.33. The molecule has 3 rings (SSSR count). The van der Waals surface area contributed by atoms with E-state index in [0.717, 1.165) is 24.3 Å². The number of likely N-dealkylation sites (tertiary alicyclic amines) is 1. The number of hydrogen-bond donors (Lipinski definition) is 2. The van der Waals surface area contributed by atoms with Gasteiger partial charge in [0.05, 0.1) is 17.4 Å². The highest BCUT2D eigenvalue weighted by molar-refractivity contribution is 6.04. The van der Waals surface area contributed by atoms with E-state index < -0.39 is 41.0 Å². The molecule has 1 aliphatic heterocycles. The summed E-state index contributed by atoms with van der Waals surface area (Å²) in [5.41, 5.74) is -1.39. The molecule has 2 N–H and O–H groups in total. The van der Waals surface area contributed by atoms with Crippen molar-refractivity contribution in [3.63, 3.8) is 0 Å². The van der Waals surface area contributed by atoms with Gasteiger partial charge < -0.3 is 15.3 Å². The molecule has 1 aliphatic rings. The summed E-state index contributed by atoms with van der Waals surface area (Å²) in [6.07, 6.45) is 0.0530. The molecule has 0 radical (unpaired) electrons. The highest BCUT2D eigenvalue weighted by Crippen LogP contribution is 2.39. The van der Waals surface area contributed by atoms with Crippen LogP contribution in [0.5, 0.6) is 0 Å². The van der Waals surface area contributed by atoms with Gasteiger partial charge in [0.2, 0.25) is 5.95 Å². The fraction of sp³-hybridized carbons (Fsp3) is 0.333. The van der Waals surface area contributed by atoms with Crippen LogP contribution in [0.3, 0.4) is 0 Å². The molecule has 2 heterocycles. The number of hydrogen-bond acceptors (Lipinski definition) is 4. The number of anilines is 1. The zero-order chi connectivity index (χ0) is 22.1. The molecule has 2 aromatic rings. The SMILES string of the molecule is C=C(N1CCC(O)CC1)C(F)(F)c1cc(C(=O)Nc2cc(C)nc(F)c2)ccc1F. The van der Waals surface area contributed by atoms with Crippen LogP contribution in [0, 0.1) is 18.7 Å². The lowest BCUT2D eigenvalue weighted by Gasteiger charge is -2.36. The molecule has 30 heavy (non-hydrogen) atoms. The van der Waals surface area contributed by atoms with Crippen molar-refractivity contribution in [3.8, 4) is 0 Å². The third-order valence-electron chi connectivity index (χ3n) is 4.96. The summed E-state index contributed by atoms with van der Waals surface area (Å²) in [6, 6.07) is 5.00. The van der Waals surface area contributed by atoms with E-state index in [0.29, 0.717) is 18.5 Å². The van der Waals surface area contributed by atoms with Gasteiger partial charge in [-0.25, -0.2) is 9.37 Å². The van der Waals surface area contributed by atoms with Crippen molar-refractivity contribution in [2.45, 2.75) is 31.8 Å². The Morgan fingerprint density at radius 2 is 1.90 bits per heavy atom. The van der Waals surface area contributed by atoms with Gasteiger partial charge in [-0.15, -0.1) is 0 Å². The number of halogens is 4. The summed E-state index contributed by atoms with van der Waals surface area (Å²) < 4.78 is 57.8. The summed E-state index contributed by atoms with van der Waals surface area (Å²) >= 11 is 0. The van der Waals surface area contributed by atoms with Crippen LogP contribution in [0.25, 0.3) is 0 Å². The number of aryl methyl sites for hydroxylation is 1. The third kappa shape index (κ3) is 4.62. The van der Waals surface area contributed by atoms with Gasteiger partial charge in [0.1, 0.15) is 5.82 Å². The molecular formula is C21H21F4N3O2. The maximum atomic E-state index is 15.0. The van der Waals surface area contributed by atoms with E-state index in [1.165, 1.54) is 17.9 Å². The molecule has 1 fully saturated rings. The number of aliphatic hydroxyl groups is 1. The van der Waals surface area contributed by atoms with E-state index in [9.17, 15) is 18.7 Å². The number of amides is 1. The molecule has 0 unspecified atom stereocenters. The van der Waals surface area contributed by atoms with E-state index in [2.05, 4.69) is 16.9 Å². The fourth-order valence-electron chi connectivity index (χ4n) is 3.30. The average molecular weight is 423 g/mol. The van der Waals surface area contributed by atoms with Gasteiger partial charge in [-0.3, -0.25) is 4.79 Å². The van der Waals surface area contributed by atoms with Crippen LogP contribution in [0.1, 0.15) is 34.5 Å². The van der Waals surface area contributed by atoms with Crippen LogP contribution >= 0.6 is 0 Å². The molecular weight excluding hydrogens is 402 g/mol. The zero-order valence-electron chi connectivity index (χ0n) is 16.3. The van der Waals surface area contributed by atoms with Crippen molar-refractivity contribution < 1.29 is 27.5 Å². The fourth-order valence-corrected chi connectivity index (χ4v) is 3.30. The van der Waals surface area contributed by atoms with Crippen molar-refractivity contribution in [1.82, 2.24) is 9.88 Å². The minimum Gasteiger partial charge on any atom is -0.393 e. The second kappa shape index (κ2) is 8.43. The van der Waals surface area contributed by atoms with Crippen molar-refractivity contribution in [2.24, 2.45) is 0 Å². The molecule has 1 aromatic heterocycles. The Hall–Kier alpha value is -2.94. The van der Waals surface area contributed by atoms with Gasteiger partial charge in [-0.05, 0) is 44.0 Å². The first-order valence-electron chi connectivity index (χ1n) is 9.33. The molecule has 0 spiro atoms. The first kappa shape index (κ1) is 21.8. The average Bonchev–Trinajstić information content (AvgIpc) is 2.67. The number of benzene rings is 1. The number of aliphatic hydroxyl groups excluding tert-OH is 1. The smallest absolute Gasteiger partial charge is 0.314 e. The number of nitrogens with one attached hydrogen (secondary N) is 1. The topological polar surface area (TPSA) is 65.5 Å². The number of nitrogens with zero attached hydrogens (tertiary/aromatic N) is 2. The third-order valence-corrected chi connectivity index (χ3v) is 4.96. The highest BCUT2D eigenvalue weighted by Gasteiger charge is 2.41. The predicted octanol–water partition coefficient (Wildman–Crippen LogP) is 3.98. The number of rotatable bonds is 5. The Morgan fingerprint density at radius 3 is 2.53 bits per heavy atom. The van der Waals surface area contributed by atoms with Crippen molar-refractivity contribution in [2.75, 3.05) is 18.4 Å². The summed E-state index contributed by atoms with van der Waals surface area (Å²) in [5.74, 6) is -6.55. The molecule has 0 saturated carbocycles. The Balaban J connectivity index is 1.84. The Bertz CT molecular complexity index is 952. The lowest BCUT2D eigenvalue weighted by Crippen LogP contribution is -2.40. The Labute approximate surface area is 171 Å². The van der Waals surface area contributed by atoms with Gasteiger partial charge in [-0.2, -0.15) is 13.2 Å². The number of pyridine rings is 1. The molecule has 5 nitrogen and oxygen atoms in total. The minimum atomic E-state index is -3.76. The van der Waals surface area contributed by atoms with Gasteiger partial charge in [0.25, 0.3) is 5.91 Å². The lowest BCUT2D eigenvalue weighted by atomic mass is 9.99. The lowest BCUT2D eigenvalue weighted by molar-refractivity contribution is -0.00882. The number of carbonyl (C=O) groups is 1. The quantitative estimate of drug-likeness (QED) is 0.564. The van der Waals surface area contributed by atoms with Crippen LogP contribution in [-0.4, -0.2) is 40.1 Å². The largest absolute Gasteiger partial charge is 0.393 e. The Morgan fingerprint density at radius 1 is 1.23 bits per heavy atom. The van der Waals surface area contributed by atoms with Gasteiger partial charge >= 0.3 is 5.92 Å². The second-order valence-electron chi connectivity index (χ2n) is 7.21. The van der Waals surface area contributed by atoms with Crippen LogP contribution in [-0.2, 0) is 5.92 Å². The number of piperidine rings is 1. The molecule has 160 valence electrons. The minimum absolute atomic E-state index is 0.0962. The molecule has 1 saturated heterocycles. The maximum Gasteiger partial charge on any atom is 0.314 e. The van der Waals surface area contributed by atoms with Crippen molar-refractivity contribution in [3.05, 3.63) is 71.2 Å². The van der Waals surface area contributed by atoms with Crippen molar-refractivity contribution >= 4 is 11.6 Å². The van der Waals surface area contributed by atoms with Crippen LogP contribution in [0.2, 0.25) is 0 Å². The number of carbonyl (C=O) groups excluding carboxylic acids is 1. The van der Waals surface area contributed by atoms with E-state index in [1.807, 2.05) is 0 Å². The summed E-state index contributed by atoms with van der Waals surface area (Å²) in [7, 11) is 0. The Kier molecular flexibility index (Phi) is 6.12. The molecule has 1 aromatic carbocycles. The summed E-state index contributed by atoms with van der Waals surface area (Å²) in [5, 5.41) is 11.9. The normalized spacial score (nSPS) is 15.2. The number of aromatic nitrogens is 1. The van der Waals surface area contributed by atoms with Gasteiger partial charge in [0, 0.05) is 36.1 Å². The monoisotopic (exact) mass is 423 g/mol. The second-order valence-corrected chi connectivity index (χ2v) is 7.21. The van der Waals surface area contributed by atoms with E-state index in [4.69, 9.17) is 0 Å². The predicted molar refractivity (Wildman–Crippen MR) is 103 cm³/mol. The van der Waals surface area contributed by atoms with Crippen LogP contribution < -0.4 is 5.32 Å². The highest BCUT2D eigenvalue weighted by atomic mass is 19.3. The van der Waals surface area contributed by atoms with Gasteiger partial charge in [0.15, 0.2) is 0 Å². The molecule has 9 heteroatoms. The maximum absolute atomic E-state index is 15.0. The first-order chi connectivity index (χ1) is 14.1. The van der Waals surface area contributed by atoms with Crippen LogP contribution in [0.4, 0.5) is 23.2 Å². The zero-order valence-corrected chi connectivity index (χ0v) is 16.3. The van der Waals surface area contributed by atoms with Crippen LogP contribution in [0.15, 0.2) is 42.6 Å². The molecule has 0 atom stereocenters. The number of allylic oxidation sites excluding steroid dienone is 1. The van der Waals surface area contributed by atoms with E-state index in [1.54, 1.807) is 0 Å². The molecule has 0 aliphatic carbocycles. The van der Waals surface area contributed by atoms with Crippen molar-refractivity contribution in [1.29, 1.82) is 0 Å².